The first-order valence-electron chi connectivity index (χ1n) is 7.38. The highest BCUT2D eigenvalue weighted by molar-refractivity contribution is 7.89. The summed E-state index contributed by atoms with van der Waals surface area (Å²) < 4.78 is 28.3. The van der Waals surface area contributed by atoms with E-state index in [1.165, 1.54) is 4.31 Å². The van der Waals surface area contributed by atoms with Crippen LogP contribution in [-0.2, 0) is 16.6 Å². The van der Waals surface area contributed by atoms with Crippen molar-refractivity contribution in [3.63, 3.8) is 0 Å². The summed E-state index contributed by atoms with van der Waals surface area (Å²) in [6.07, 6.45) is 1.62. The normalized spacial score (nSPS) is 17.5. The van der Waals surface area contributed by atoms with Gasteiger partial charge in [0.1, 0.15) is 5.82 Å². The Labute approximate surface area is 127 Å². The minimum absolute atomic E-state index is 0.143. The molecule has 0 unspecified atom stereocenters. The number of imidazole rings is 1. The van der Waals surface area contributed by atoms with Crippen LogP contribution in [0.4, 0.5) is 0 Å². The first-order chi connectivity index (χ1) is 9.95. The predicted octanol–water partition coefficient (Wildman–Crippen LogP) is -0.263. The van der Waals surface area contributed by atoms with E-state index < -0.39 is 10.0 Å². The van der Waals surface area contributed by atoms with Gasteiger partial charge >= 0.3 is 0 Å². The average Bonchev–Trinajstić information content (AvgIpc) is 2.87. The molecule has 1 aromatic heterocycles. The summed E-state index contributed by atoms with van der Waals surface area (Å²) in [4.78, 5) is 6.45. The highest BCUT2D eigenvalue weighted by Gasteiger charge is 2.25. The van der Waals surface area contributed by atoms with Gasteiger partial charge in [0.05, 0.1) is 0 Å². The second-order valence-electron chi connectivity index (χ2n) is 5.33. The van der Waals surface area contributed by atoms with Gasteiger partial charge in [-0.3, -0.25) is 4.90 Å². The van der Waals surface area contributed by atoms with E-state index in [9.17, 15) is 8.42 Å². The van der Waals surface area contributed by atoms with Gasteiger partial charge in [0, 0.05) is 59.1 Å². The standard InChI is InChI=1S/C13H25N5O2S/c1-4-18-11-13(15-12(18)2)21(19,20)16(3)9-10-17-7-5-14-6-8-17/h11,14H,4-10H2,1-3H3. The number of sulfonamides is 1. The topological polar surface area (TPSA) is 70.5 Å². The number of aromatic nitrogens is 2. The van der Waals surface area contributed by atoms with Crippen LogP contribution in [0.15, 0.2) is 11.2 Å². The van der Waals surface area contributed by atoms with E-state index in [0.29, 0.717) is 6.54 Å². The maximum Gasteiger partial charge on any atom is 0.261 e. The van der Waals surface area contributed by atoms with Crippen molar-refractivity contribution in [1.29, 1.82) is 0 Å². The fourth-order valence-corrected chi connectivity index (χ4v) is 3.57. The second kappa shape index (κ2) is 6.87. The van der Waals surface area contributed by atoms with Crippen LogP contribution in [-0.4, -0.2) is 73.5 Å². The minimum atomic E-state index is -3.49. The summed E-state index contributed by atoms with van der Waals surface area (Å²) >= 11 is 0. The fraction of sp³-hybridized carbons (Fsp3) is 0.769. The van der Waals surface area contributed by atoms with Gasteiger partial charge in [-0.25, -0.2) is 13.4 Å². The first-order valence-corrected chi connectivity index (χ1v) is 8.82. The van der Waals surface area contributed by atoms with Gasteiger partial charge in [0.25, 0.3) is 10.0 Å². The Morgan fingerprint density at radius 2 is 2.05 bits per heavy atom. The number of nitrogens with zero attached hydrogens (tertiary/aromatic N) is 4. The Hall–Kier alpha value is -0.960. The van der Waals surface area contributed by atoms with Crippen LogP contribution in [0.3, 0.4) is 0 Å². The number of hydrogen-bond donors (Lipinski definition) is 1. The molecule has 1 aliphatic heterocycles. The second-order valence-corrected chi connectivity index (χ2v) is 7.32. The zero-order valence-electron chi connectivity index (χ0n) is 13.0. The SMILES string of the molecule is CCn1cc(S(=O)(=O)N(C)CCN2CCNCC2)nc1C. The van der Waals surface area contributed by atoms with Crippen molar-refractivity contribution in [3.8, 4) is 0 Å². The molecule has 0 saturated carbocycles. The Kier molecular flexibility index (Phi) is 5.37. The molecule has 2 rings (SSSR count). The molecule has 2 heterocycles. The Morgan fingerprint density at radius 1 is 1.38 bits per heavy atom. The molecule has 7 nitrogen and oxygen atoms in total. The number of nitrogens with one attached hydrogen (secondary N) is 1. The molecule has 0 aliphatic carbocycles. The lowest BCUT2D eigenvalue weighted by Gasteiger charge is -2.28. The molecule has 0 atom stereocenters. The van der Waals surface area contributed by atoms with Crippen molar-refractivity contribution < 1.29 is 8.42 Å². The van der Waals surface area contributed by atoms with E-state index in [0.717, 1.165) is 45.1 Å². The van der Waals surface area contributed by atoms with Crippen molar-refractivity contribution in [3.05, 3.63) is 12.0 Å². The summed E-state index contributed by atoms with van der Waals surface area (Å²) in [7, 11) is -1.87. The first kappa shape index (κ1) is 16.4. The molecule has 0 spiro atoms. The molecule has 1 aliphatic rings. The highest BCUT2D eigenvalue weighted by atomic mass is 32.2. The van der Waals surface area contributed by atoms with Gasteiger partial charge in [-0.1, -0.05) is 0 Å². The summed E-state index contributed by atoms with van der Waals surface area (Å²) in [6, 6.07) is 0. The predicted molar refractivity (Wildman–Crippen MR) is 81.8 cm³/mol. The van der Waals surface area contributed by atoms with Gasteiger partial charge in [0.2, 0.25) is 0 Å². The third-order valence-electron chi connectivity index (χ3n) is 3.91. The number of piperazine rings is 1. The molecule has 0 aromatic carbocycles. The van der Waals surface area contributed by atoms with Crippen molar-refractivity contribution in [2.45, 2.75) is 25.4 Å². The molecule has 1 saturated heterocycles. The Bertz CT molecular complexity index is 563. The van der Waals surface area contributed by atoms with Crippen molar-refractivity contribution in [1.82, 2.24) is 24.1 Å². The lowest BCUT2D eigenvalue weighted by Crippen LogP contribution is -2.46. The third kappa shape index (κ3) is 3.82. The van der Waals surface area contributed by atoms with Crippen molar-refractivity contribution in [2.24, 2.45) is 0 Å². The van der Waals surface area contributed by atoms with Crippen molar-refractivity contribution >= 4 is 10.0 Å². The molecule has 8 heteroatoms. The van der Waals surface area contributed by atoms with E-state index in [2.05, 4.69) is 15.2 Å². The molecule has 0 bridgehead atoms. The van der Waals surface area contributed by atoms with E-state index in [1.54, 1.807) is 13.2 Å². The molecule has 1 aromatic rings. The van der Waals surface area contributed by atoms with Gasteiger partial charge in [0.15, 0.2) is 5.03 Å². The van der Waals surface area contributed by atoms with Gasteiger partial charge in [-0.15, -0.1) is 0 Å². The van der Waals surface area contributed by atoms with E-state index in [-0.39, 0.29) is 5.03 Å². The average molecular weight is 315 g/mol. The number of likely N-dealkylation sites (N-methyl/N-ethyl adjacent to an activating group) is 1. The number of hydrogen-bond acceptors (Lipinski definition) is 5. The Morgan fingerprint density at radius 3 is 2.62 bits per heavy atom. The van der Waals surface area contributed by atoms with Crippen LogP contribution in [0.25, 0.3) is 0 Å². The van der Waals surface area contributed by atoms with Gasteiger partial charge < -0.3 is 9.88 Å². The van der Waals surface area contributed by atoms with Crippen LogP contribution < -0.4 is 5.32 Å². The lowest BCUT2D eigenvalue weighted by atomic mass is 10.3. The molecule has 0 radical (unpaired) electrons. The maximum absolute atomic E-state index is 12.5. The molecule has 120 valence electrons. The third-order valence-corrected chi connectivity index (χ3v) is 5.64. The monoisotopic (exact) mass is 315 g/mol. The summed E-state index contributed by atoms with van der Waals surface area (Å²) in [6.45, 7) is 9.63. The molecular weight excluding hydrogens is 290 g/mol. The van der Waals surface area contributed by atoms with E-state index in [4.69, 9.17) is 0 Å². The minimum Gasteiger partial charge on any atom is -0.334 e. The van der Waals surface area contributed by atoms with Crippen LogP contribution in [0.1, 0.15) is 12.7 Å². The lowest BCUT2D eigenvalue weighted by molar-refractivity contribution is 0.229. The smallest absolute Gasteiger partial charge is 0.261 e. The quantitative estimate of drug-likeness (QED) is 0.783. The van der Waals surface area contributed by atoms with Crippen molar-refractivity contribution in [2.75, 3.05) is 46.3 Å². The Balaban J connectivity index is 2.00. The van der Waals surface area contributed by atoms with E-state index >= 15 is 0 Å². The summed E-state index contributed by atoms with van der Waals surface area (Å²) in [5.74, 6) is 0.728. The van der Waals surface area contributed by atoms with Gasteiger partial charge in [-0.2, -0.15) is 4.31 Å². The largest absolute Gasteiger partial charge is 0.334 e. The van der Waals surface area contributed by atoms with Crippen LogP contribution in [0.2, 0.25) is 0 Å². The van der Waals surface area contributed by atoms with E-state index in [1.807, 2.05) is 18.4 Å². The molecule has 1 fully saturated rings. The molecule has 0 amide bonds. The molecular formula is C13H25N5O2S. The maximum atomic E-state index is 12.5. The number of aryl methyl sites for hydroxylation is 2. The zero-order chi connectivity index (χ0) is 15.5. The molecule has 1 N–H and O–H groups in total. The number of rotatable bonds is 6. The van der Waals surface area contributed by atoms with Crippen LogP contribution in [0.5, 0.6) is 0 Å². The zero-order valence-corrected chi connectivity index (χ0v) is 13.9. The highest BCUT2D eigenvalue weighted by Crippen LogP contribution is 2.14. The van der Waals surface area contributed by atoms with Gasteiger partial charge in [-0.05, 0) is 13.8 Å². The van der Waals surface area contributed by atoms with Crippen LogP contribution in [0, 0.1) is 6.92 Å². The summed E-state index contributed by atoms with van der Waals surface area (Å²) in [5.41, 5.74) is 0. The molecule has 21 heavy (non-hydrogen) atoms. The van der Waals surface area contributed by atoms with Crippen LogP contribution >= 0.6 is 0 Å². The fourth-order valence-electron chi connectivity index (χ4n) is 2.42. The summed E-state index contributed by atoms with van der Waals surface area (Å²) in [5, 5.41) is 3.43.